The van der Waals surface area contributed by atoms with Crippen LogP contribution in [-0.2, 0) is 14.1 Å². The number of benzene rings is 2. The van der Waals surface area contributed by atoms with E-state index in [4.69, 9.17) is 0 Å². The van der Waals surface area contributed by atoms with Crippen LogP contribution < -0.4 is 16.1 Å². The van der Waals surface area contributed by atoms with Gasteiger partial charge in [0.15, 0.2) is 0 Å². The minimum atomic E-state index is -0.601. The summed E-state index contributed by atoms with van der Waals surface area (Å²) >= 11 is 0. The summed E-state index contributed by atoms with van der Waals surface area (Å²) in [6.07, 6.45) is 1.57. The van der Waals surface area contributed by atoms with Gasteiger partial charge < -0.3 is 4.90 Å². The van der Waals surface area contributed by atoms with Crippen LogP contribution in [0.3, 0.4) is 0 Å². The fourth-order valence-electron chi connectivity index (χ4n) is 3.50. The lowest BCUT2D eigenvalue weighted by Crippen LogP contribution is -2.44. The van der Waals surface area contributed by atoms with E-state index in [1.165, 1.54) is 23.7 Å². The van der Waals surface area contributed by atoms with Gasteiger partial charge in [-0.1, -0.05) is 18.2 Å². The standard InChI is InChI=1S/C20H17N5O4/c1-22-18-16(19(26)23(2)20(22)27)17(13-8-10-15(11-9-13)25(28)29)24(12-21-18)14-6-4-3-5-7-14/h3-12,17H,1-2H3. The van der Waals surface area contributed by atoms with Crippen molar-refractivity contribution in [2.24, 2.45) is 19.1 Å². The zero-order valence-electron chi connectivity index (χ0n) is 15.7. The van der Waals surface area contributed by atoms with E-state index >= 15 is 0 Å². The first-order valence-corrected chi connectivity index (χ1v) is 8.82. The van der Waals surface area contributed by atoms with Gasteiger partial charge in [0.25, 0.3) is 11.2 Å². The first kappa shape index (κ1) is 18.4. The van der Waals surface area contributed by atoms with Crippen LogP contribution in [0.15, 0.2) is 69.2 Å². The molecule has 29 heavy (non-hydrogen) atoms. The number of hydrogen-bond acceptors (Lipinski definition) is 6. The van der Waals surface area contributed by atoms with E-state index < -0.39 is 22.2 Å². The molecule has 4 rings (SSSR count). The van der Waals surface area contributed by atoms with Crippen LogP contribution in [0.1, 0.15) is 17.2 Å². The zero-order valence-corrected chi connectivity index (χ0v) is 15.7. The predicted molar refractivity (Wildman–Crippen MR) is 109 cm³/mol. The largest absolute Gasteiger partial charge is 0.332 e. The smallest absolute Gasteiger partial charge is 0.320 e. The molecule has 9 nitrogen and oxygen atoms in total. The molecule has 1 unspecified atom stereocenters. The van der Waals surface area contributed by atoms with Crippen molar-refractivity contribution in [3.63, 3.8) is 0 Å². The fourth-order valence-corrected chi connectivity index (χ4v) is 3.50. The maximum absolute atomic E-state index is 13.1. The number of nitro benzene ring substituents is 1. The van der Waals surface area contributed by atoms with Crippen LogP contribution in [0.25, 0.3) is 0 Å². The van der Waals surface area contributed by atoms with Crippen LogP contribution >= 0.6 is 0 Å². The van der Waals surface area contributed by atoms with Gasteiger partial charge in [0.2, 0.25) is 0 Å². The van der Waals surface area contributed by atoms with E-state index in [1.54, 1.807) is 25.5 Å². The number of para-hydroxylation sites is 1. The van der Waals surface area contributed by atoms with Crippen molar-refractivity contribution in [1.82, 2.24) is 9.13 Å². The Bertz CT molecular complexity index is 1240. The summed E-state index contributed by atoms with van der Waals surface area (Å²) in [5, 5.41) is 11.0. The van der Waals surface area contributed by atoms with Gasteiger partial charge in [0.05, 0.1) is 22.9 Å². The van der Waals surface area contributed by atoms with Gasteiger partial charge in [0, 0.05) is 31.9 Å². The Labute approximate surface area is 164 Å². The number of hydrogen-bond donors (Lipinski definition) is 0. The maximum atomic E-state index is 13.1. The lowest BCUT2D eigenvalue weighted by molar-refractivity contribution is -0.384. The summed E-state index contributed by atoms with van der Waals surface area (Å²) in [6, 6.07) is 14.8. The Morgan fingerprint density at radius 1 is 0.966 bits per heavy atom. The highest BCUT2D eigenvalue weighted by molar-refractivity contribution is 5.86. The molecule has 3 aromatic rings. The van der Waals surface area contributed by atoms with Crippen molar-refractivity contribution in [3.05, 3.63) is 96.7 Å². The van der Waals surface area contributed by atoms with E-state index in [1.807, 2.05) is 35.2 Å². The average Bonchev–Trinajstić information content (AvgIpc) is 2.76. The molecule has 0 fully saturated rings. The van der Waals surface area contributed by atoms with Gasteiger partial charge in [0.1, 0.15) is 5.82 Å². The van der Waals surface area contributed by atoms with E-state index in [9.17, 15) is 19.7 Å². The second-order valence-corrected chi connectivity index (χ2v) is 6.68. The second-order valence-electron chi connectivity index (χ2n) is 6.68. The number of nitrogens with zero attached hydrogens (tertiary/aromatic N) is 5. The van der Waals surface area contributed by atoms with Crippen LogP contribution in [0.5, 0.6) is 0 Å². The van der Waals surface area contributed by atoms with E-state index in [-0.39, 0.29) is 11.5 Å². The van der Waals surface area contributed by atoms with Gasteiger partial charge in [-0.25, -0.2) is 9.79 Å². The molecule has 0 N–H and O–H groups in total. The number of fused-ring (bicyclic) bond motifs is 1. The highest BCUT2D eigenvalue weighted by Crippen LogP contribution is 2.37. The third-order valence-electron chi connectivity index (χ3n) is 5.00. The minimum Gasteiger partial charge on any atom is -0.320 e. The summed E-state index contributed by atoms with van der Waals surface area (Å²) < 4.78 is 2.37. The molecule has 0 spiro atoms. The van der Waals surface area contributed by atoms with Crippen LogP contribution in [0, 0.1) is 10.1 Å². The summed E-state index contributed by atoms with van der Waals surface area (Å²) in [5.41, 5.74) is 0.822. The second kappa shape index (κ2) is 6.86. The quantitative estimate of drug-likeness (QED) is 0.503. The Morgan fingerprint density at radius 3 is 2.24 bits per heavy atom. The molecular formula is C20H17N5O4. The zero-order chi connectivity index (χ0) is 20.7. The fraction of sp³-hybridized carbons (Fsp3) is 0.150. The molecule has 0 aliphatic carbocycles. The normalized spacial score (nSPS) is 15.2. The molecule has 146 valence electrons. The van der Waals surface area contributed by atoms with Crippen molar-refractivity contribution in [2.45, 2.75) is 6.04 Å². The average molecular weight is 391 g/mol. The van der Waals surface area contributed by atoms with Gasteiger partial charge >= 0.3 is 5.69 Å². The van der Waals surface area contributed by atoms with Crippen LogP contribution in [-0.4, -0.2) is 20.4 Å². The predicted octanol–water partition coefficient (Wildman–Crippen LogP) is 2.26. The monoisotopic (exact) mass is 391 g/mol. The molecule has 0 amide bonds. The number of nitro groups is 1. The van der Waals surface area contributed by atoms with Crippen molar-refractivity contribution < 1.29 is 4.92 Å². The Kier molecular flexibility index (Phi) is 4.34. The Morgan fingerprint density at radius 2 is 1.62 bits per heavy atom. The van der Waals surface area contributed by atoms with E-state index in [2.05, 4.69) is 4.99 Å². The summed E-state index contributed by atoms with van der Waals surface area (Å²) in [6.45, 7) is 0. The van der Waals surface area contributed by atoms with Gasteiger partial charge in [-0.2, -0.15) is 0 Å². The first-order valence-electron chi connectivity index (χ1n) is 8.82. The van der Waals surface area contributed by atoms with Crippen molar-refractivity contribution in [3.8, 4) is 0 Å². The molecular weight excluding hydrogens is 374 g/mol. The number of aromatic nitrogens is 2. The summed E-state index contributed by atoms with van der Waals surface area (Å²) in [7, 11) is 2.98. The molecule has 2 heterocycles. The summed E-state index contributed by atoms with van der Waals surface area (Å²) in [5.74, 6) is 0.272. The molecule has 1 aromatic heterocycles. The highest BCUT2D eigenvalue weighted by Gasteiger charge is 2.33. The Hall–Kier alpha value is -4.01. The van der Waals surface area contributed by atoms with Gasteiger partial charge in [-0.15, -0.1) is 0 Å². The van der Waals surface area contributed by atoms with Crippen molar-refractivity contribution >= 4 is 23.5 Å². The molecule has 0 saturated carbocycles. The molecule has 0 radical (unpaired) electrons. The number of aliphatic imine (C=N–C) groups is 1. The van der Waals surface area contributed by atoms with E-state index in [0.717, 1.165) is 10.3 Å². The SMILES string of the molecule is Cn1c2c(c(=O)n(C)c1=O)C(c1ccc([N+](=O)[O-])cc1)N(c1ccccc1)C=N2. The number of rotatable bonds is 3. The van der Waals surface area contributed by atoms with Crippen LogP contribution in [0.2, 0.25) is 0 Å². The van der Waals surface area contributed by atoms with Crippen LogP contribution in [0.4, 0.5) is 17.2 Å². The molecule has 2 aromatic carbocycles. The third-order valence-corrected chi connectivity index (χ3v) is 5.00. The molecule has 9 heteroatoms. The lowest BCUT2D eigenvalue weighted by Gasteiger charge is -2.34. The van der Waals surface area contributed by atoms with Gasteiger partial charge in [-0.3, -0.25) is 24.0 Å². The van der Waals surface area contributed by atoms with E-state index in [0.29, 0.717) is 11.1 Å². The summed E-state index contributed by atoms with van der Waals surface area (Å²) in [4.78, 5) is 42.2. The Balaban J connectivity index is 2.00. The van der Waals surface area contributed by atoms with Crippen molar-refractivity contribution in [1.29, 1.82) is 0 Å². The van der Waals surface area contributed by atoms with Gasteiger partial charge in [-0.05, 0) is 29.8 Å². The molecule has 0 saturated heterocycles. The molecule has 0 bridgehead atoms. The minimum absolute atomic E-state index is 0.0434. The lowest BCUT2D eigenvalue weighted by atomic mass is 9.96. The van der Waals surface area contributed by atoms with Crippen molar-refractivity contribution in [2.75, 3.05) is 4.90 Å². The number of anilines is 1. The molecule has 1 atom stereocenters. The topological polar surface area (TPSA) is 103 Å². The number of non-ortho nitro benzene ring substituents is 1. The maximum Gasteiger partial charge on any atom is 0.332 e. The molecule has 1 aliphatic heterocycles. The third kappa shape index (κ3) is 2.92. The first-order chi connectivity index (χ1) is 13.9. The molecule has 1 aliphatic rings. The highest BCUT2D eigenvalue weighted by atomic mass is 16.6.